The SMILES string of the molecule is CC(CNC(=O)CSc1n[nH]c2nc3ccccc3n12)c1ccccc1. The maximum absolute atomic E-state index is 12.2. The predicted octanol–water partition coefficient (Wildman–Crippen LogP) is 3.22. The molecule has 0 saturated carbocycles. The van der Waals surface area contributed by atoms with Crippen LogP contribution in [0.5, 0.6) is 0 Å². The Hall–Kier alpha value is -2.80. The Morgan fingerprint density at radius 1 is 1.19 bits per heavy atom. The van der Waals surface area contributed by atoms with E-state index in [0.717, 1.165) is 16.2 Å². The topological polar surface area (TPSA) is 75.1 Å². The van der Waals surface area contributed by atoms with Crippen LogP contribution in [0.3, 0.4) is 0 Å². The van der Waals surface area contributed by atoms with Crippen molar-refractivity contribution in [2.45, 2.75) is 18.0 Å². The van der Waals surface area contributed by atoms with Gasteiger partial charge in [0, 0.05) is 6.54 Å². The molecule has 2 N–H and O–H groups in total. The van der Waals surface area contributed by atoms with Crippen LogP contribution in [-0.4, -0.2) is 37.8 Å². The molecule has 1 amide bonds. The number of H-pyrrole nitrogens is 1. The van der Waals surface area contributed by atoms with E-state index in [2.05, 4.69) is 39.6 Å². The van der Waals surface area contributed by atoms with Gasteiger partial charge in [0.1, 0.15) is 0 Å². The minimum atomic E-state index is -0.00153. The first-order valence-electron chi connectivity index (χ1n) is 8.48. The van der Waals surface area contributed by atoms with Crippen LogP contribution in [0, 0.1) is 0 Å². The molecule has 4 aromatic rings. The van der Waals surface area contributed by atoms with E-state index in [4.69, 9.17) is 0 Å². The van der Waals surface area contributed by atoms with Gasteiger partial charge in [-0.3, -0.25) is 9.20 Å². The van der Waals surface area contributed by atoms with Gasteiger partial charge in [0.25, 0.3) is 0 Å². The Kier molecular flexibility index (Phi) is 4.62. The number of fused-ring (bicyclic) bond motifs is 3. The predicted molar refractivity (Wildman–Crippen MR) is 103 cm³/mol. The Bertz CT molecular complexity index is 1040. The lowest BCUT2D eigenvalue weighted by Gasteiger charge is -2.12. The number of thioether (sulfide) groups is 1. The quantitative estimate of drug-likeness (QED) is 0.515. The van der Waals surface area contributed by atoms with E-state index in [1.807, 2.05) is 46.9 Å². The second-order valence-corrected chi connectivity index (χ2v) is 7.11. The van der Waals surface area contributed by atoms with Crippen molar-refractivity contribution in [3.8, 4) is 0 Å². The fourth-order valence-electron chi connectivity index (χ4n) is 2.89. The third kappa shape index (κ3) is 3.30. The highest BCUT2D eigenvalue weighted by Gasteiger charge is 2.14. The first-order valence-corrected chi connectivity index (χ1v) is 9.47. The molecule has 0 bridgehead atoms. The van der Waals surface area contributed by atoms with E-state index in [1.165, 1.54) is 17.3 Å². The Balaban J connectivity index is 1.38. The molecule has 0 saturated heterocycles. The van der Waals surface area contributed by atoms with Crippen molar-refractivity contribution >= 4 is 34.5 Å². The minimum absolute atomic E-state index is 0.00153. The molecule has 2 aromatic carbocycles. The molecule has 4 rings (SSSR count). The summed E-state index contributed by atoms with van der Waals surface area (Å²) in [4.78, 5) is 16.7. The van der Waals surface area contributed by atoms with Crippen LogP contribution < -0.4 is 5.32 Å². The van der Waals surface area contributed by atoms with Crippen LogP contribution in [-0.2, 0) is 4.79 Å². The van der Waals surface area contributed by atoms with Gasteiger partial charge in [-0.05, 0) is 23.6 Å². The fraction of sp³-hybridized carbons (Fsp3) is 0.211. The summed E-state index contributed by atoms with van der Waals surface area (Å²) in [5, 5.41) is 10.9. The molecule has 2 heterocycles. The highest BCUT2D eigenvalue weighted by Crippen LogP contribution is 2.22. The third-order valence-electron chi connectivity index (χ3n) is 4.31. The average molecular weight is 365 g/mol. The molecule has 6 nitrogen and oxygen atoms in total. The van der Waals surface area contributed by atoms with Gasteiger partial charge < -0.3 is 5.32 Å². The lowest BCUT2D eigenvalue weighted by Crippen LogP contribution is -2.29. The number of rotatable bonds is 6. The minimum Gasteiger partial charge on any atom is -0.355 e. The van der Waals surface area contributed by atoms with Crippen LogP contribution in [0.1, 0.15) is 18.4 Å². The van der Waals surface area contributed by atoms with Crippen molar-refractivity contribution in [2.75, 3.05) is 12.3 Å². The zero-order chi connectivity index (χ0) is 17.9. The number of hydrogen-bond acceptors (Lipinski definition) is 4. The van der Waals surface area contributed by atoms with E-state index in [-0.39, 0.29) is 11.8 Å². The number of amides is 1. The zero-order valence-electron chi connectivity index (χ0n) is 14.3. The monoisotopic (exact) mass is 365 g/mol. The molecule has 7 heteroatoms. The molecule has 0 fully saturated rings. The fourth-order valence-corrected chi connectivity index (χ4v) is 3.67. The van der Waals surface area contributed by atoms with Crippen LogP contribution >= 0.6 is 11.8 Å². The lowest BCUT2D eigenvalue weighted by molar-refractivity contribution is -0.118. The summed E-state index contributed by atoms with van der Waals surface area (Å²) in [6.45, 7) is 2.73. The number of aromatic amines is 1. The molecule has 0 aliphatic rings. The van der Waals surface area contributed by atoms with E-state index < -0.39 is 0 Å². The molecule has 132 valence electrons. The summed E-state index contributed by atoms with van der Waals surface area (Å²) in [6, 6.07) is 18.1. The Morgan fingerprint density at radius 3 is 2.81 bits per heavy atom. The van der Waals surface area contributed by atoms with Gasteiger partial charge in [-0.25, -0.2) is 10.1 Å². The Labute approximate surface area is 155 Å². The van der Waals surface area contributed by atoms with Crippen molar-refractivity contribution < 1.29 is 4.79 Å². The van der Waals surface area contributed by atoms with E-state index in [9.17, 15) is 4.79 Å². The average Bonchev–Trinajstić information content (AvgIpc) is 3.24. The largest absolute Gasteiger partial charge is 0.355 e. The van der Waals surface area contributed by atoms with Crippen molar-refractivity contribution in [3.05, 3.63) is 60.2 Å². The van der Waals surface area contributed by atoms with Crippen molar-refractivity contribution in [3.63, 3.8) is 0 Å². The number of hydrogen-bond donors (Lipinski definition) is 2. The number of carbonyl (C=O) groups excluding carboxylic acids is 1. The molecule has 0 aliphatic carbocycles. The third-order valence-corrected chi connectivity index (χ3v) is 5.25. The van der Waals surface area contributed by atoms with Gasteiger partial charge in [0.15, 0.2) is 5.16 Å². The molecule has 1 atom stereocenters. The second-order valence-electron chi connectivity index (χ2n) is 6.17. The maximum atomic E-state index is 12.2. The number of para-hydroxylation sites is 2. The van der Waals surface area contributed by atoms with Gasteiger partial charge in [0.2, 0.25) is 11.7 Å². The zero-order valence-corrected chi connectivity index (χ0v) is 15.2. The van der Waals surface area contributed by atoms with Crippen molar-refractivity contribution in [1.29, 1.82) is 0 Å². The highest BCUT2D eigenvalue weighted by atomic mass is 32.2. The lowest BCUT2D eigenvalue weighted by atomic mass is 10.0. The summed E-state index contributed by atoms with van der Waals surface area (Å²) < 4.78 is 1.94. The molecule has 1 unspecified atom stereocenters. The van der Waals surface area contributed by atoms with E-state index in [0.29, 0.717) is 18.1 Å². The summed E-state index contributed by atoms with van der Waals surface area (Å²) in [5.74, 6) is 1.28. The molecular weight excluding hydrogens is 346 g/mol. The van der Waals surface area contributed by atoms with Crippen LogP contribution in [0.2, 0.25) is 0 Å². The van der Waals surface area contributed by atoms with Crippen LogP contribution in [0.4, 0.5) is 0 Å². The Morgan fingerprint density at radius 2 is 1.96 bits per heavy atom. The van der Waals surface area contributed by atoms with Gasteiger partial charge in [0.05, 0.1) is 16.8 Å². The van der Waals surface area contributed by atoms with Gasteiger partial charge >= 0.3 is 0 Å². The highest BCUT2D eigenvalue weighted by molar-refractivity contribution is 7.99. The molecular formula is C19H19N5OS. The number of nitrogens with one attached hydrogen (secondary N) is 2. The van der Waals surface area contributed by atoms with Crippen molar-refractivity contribution in [1.82, 2.24) is 24.9 Å². The summed E-state index contributed by atoms with van der Waals surface area (Å²) in [7, 11) is 0. The number of benzene rings is 2. The summed E-state index contributed by atoms with van der Waals surface area (Å²) in [5.41, 5.74) is 3.11. The van der Waals surface area contributed by atoms with Crippen LogP contribution in [0.15, 0.2) is 59.8 Å². The molecule has 0 spiro atoms. The van der Waals surface area contributed by atoms with E-state index in [1.54, 1.807) is 0 Å². The van der Waals surface area contributed by atoms with Crippen molar-refractivity contribution in [2.24, 2.45) is 0 Å². The van der Waals surface area contributed by atoms with Gasteiger partial charge in [-0.2, -0.15) is 0 Å². The second kappa shape index (κ2) is 7.21. The van der Waals surface area contributed by atoms with Gasteiger partial charge in [-0.15, -0.1) is 5.10 Å². The van der Waals surface area contributed by atoms with E-state index >= 15 is 0 Å². The van der Waals surface area contributed by atoms with Gasteiger partial charge in [-0.1, -0.05) is 61.2 Å². The molecule has 0 aliphatic heterocycles. The van der Waals surface area contributed by atoms with Crippen LogP contribution in [0.25, 0.3) is 16.8 Å². The smallest absolute Gasteiger partial charge is 0.231 e. The first kappa shape index (κ1) is 16.7. The number of carbonyl (C=O) groups is 1. The molecule has 26 heavy (non-hydrogen) atoms. The standard InChI is InChI=1S/C19H19N5OS/c1-13(14-7-3-2-4-8-14)11-20-17(25)12-26-19-23-22-18-21-15-9-5-6-10-16(15)24(18)19/h2-10,13H,11-12H2,1H3,(H,20,25)(H,21,22). The molecule has 2 aromatic heterocycles. The normalized spacial score (nSPS) is 12.5. The first-order chi connectivity index (χ1) is 12.7. The number of aromatic nitrogens is 4. The molecule has 0 radical (unpaired) electrons. The summed E-state index contributed by atoms with van der Waals surface area (Å²) in [6.07, 6.45) is 0. The number of nitrogens with zero attached hydrogens (tertiary/aromatic N) is 3. The maximum Gasteiger partial charge on any atom is 0.231 e. The number of imidazole rings is 1. The summed E-state index contributed by atoms with van der Waals surface area (Å²) >= 11 is 1.40.